The van der Waals surface area contributed by atoms with Crippen molar-refractivity contribution in [3.8, 4) is 0 Å². The summed E-state index contributed by atoms with van der Waals surface area (Å²) in [7, 11) is 0. The van der Waals surface area contributed by atoms with Crippen molar-refractivity contribution in [2.45, 2.75) is 17.8 Å². The summed E-state index contributed by atoms with van der Waals surface area (Å²) in [4.78, 5) is 3.64. The molecule has 1 heterocycles. The molecular weight excluding hydrogens is 193 g/mol. The Morgan fingerprint density at radius 3 is 2.57 bits per heavy atom. The summed E-state index contributed by atoms with van der Waals surface area (Å²) < 4.78 is 39.3. The molecule has 1 aromatic heterocycles. The number of hydrogen-bond donors (Lipinski definition) is 1. The summed E-state index contributed by atoms with van der Waals surface area (Å²) >= 11 is 0. The minimum absolute atomic E-state index is 0.215. The van der Waals surface area contributed by atoms with Gasteiger partial charge in [0.15, 0.2) is 0 Å². The van der Waals surface area contributed by atoms with E-state index in [2.05, 4.69) is 4.98 Å². The lowest BCUT2D eigenvalue weighted by molar-refractivity contribution is 0.0875. The van der Waals surface area contributed by atoms with Crippen molar-refractivity contribution >= 4 is 0 Å². The van der Waals surface area contributed by atoms with Crippen LogP contribution in [0, 0.1) is 5.82 Å². The van der Waals surface area contributed by atoms with Crippen molar-refractivity contribution in [3.63, 3.8) is 0 Å². The number of halogens is 3. The van der Waals surface area contributed by atoms with Gasteiger partial charge in [0.2, 0.25) is 0 Å². The topological polar surface area (TPSA) is 38.9 Å². The molecule has 1 aliphatic carbocycles. The van der Waals surface area contributed by atoms with Crippen LogP contribution in [0.15, 0.2) is 18.3 Å². The van der Waals surface area contributed by atoms with E-state index in [0.29, 0.717) is 0 Å². The molecular formula is C9H9F3N2. The van der Waals surface area contributed by atoms with E-state index < -0.39 is 23.6 Å². The molecule has 2 N–H and O–H groups in total. The monoisotopic (exact) mass is 202 g/mol. The van der Waals surface area contributed by atoms with Crippen molar-refractivity contribution < 1.29 is 13.2 Å². The second-order valence-electron chi connectivity index (χ2n) is 3.50. The lowest BCUT2D eigenvalue weighted by atomic mass is 10.0. The molecule has 2 nitrogen and oxygen atoms in total. The lowest BCUT2D eigenvalue weighted by Crippen LogP contribution is -2.28. The SMILES string of the molecule is NCC1(c2ncccc2F)CC1(F)F. The molecule has 0 aliphatic heterocycles. The van der Waals surface area contributed by atoms with E-state index >= 15 is 0 Å². The Bertz CT molecular complexity index is 367. The first-order chi connectivity index (χ1) is 6.53. The molecule has 1 aromatic rings. The molecule has 1 atom stereocenters. The fourth-order valence-corrected chi connectivity index (χ4v) is 1.65. The molecule has 1 unspecified atom stereocenters. The third-order valence-corrected chi connectivity index (χ3v) is 2.66. The van der Waals surface area contributed by atoms with Crippen molar-refractivity contribution in [1.82, 2.24) is 4.98 Å². The van der Waals surface area contributed by atoms with Gasteiger partial charge in [0, 0.05) is 19.2 Å². The Morgan fingerprint density at radius 2 is 2.14 bits per heavy atom. The van der Waals surface area contributed by atoms with Gasteiger partial charge in [-0.05, 0) is 12.1 Å². The van der Waals surface area contributed by atoms with Crippen LogP contribution in [-0.2, 0) is 5.41 Å². The van der Waals surface area contributed by atoms with Crippen LogP contribution in [0.1, 0.15) is 12.1 Å². The van der Waals surface area contributed by atoms with Crippen molar-refractivity contribution in [3.05, 3.63) is 29.8 Å². The molecule has 0 aromatic carbocycles. The Labute approximate surface area is 78.9 Å². The second kappa shape index (κ2) is 2.70. The van der Waals surface area contributed by atoms with Crippen LogP contribution in [0.25, 0.3) is 0 Å². The molecule has 1 fully saturated rings. The van der Waals surface area contributed by atoms with E-state index in [0.717, 1.165) is 6.07 Å². The van der Waals surface area contributed by atoms with Gasteiger partial charge in [0.1, 0.15) is 5.82 Å². The van der Waals surface area contributed by atoms with Gasteiger partial charge < -0.3 is 5.73 Å². The molecule has 5 heteroatoms. The number of pyridine rings is 1. The summed E-state index contributed by atoms with van der Waals surface area (Å²) in [6, 6.07) is 2.48. The van der Waals surface area contributed by atoms with Gasteiger partial charge in [-0.25, -0.2) is 13.2 Å². The molecule has 0 saturated heterocycles. The number of nitrogens with two attached hydrogens (primary N) is 1. The Morgan fingerprint density at radius 1 is 1.50 bits per heavy atom. The van der Waals surface area contributed by atoms with E-state index in [9.17, 15) is 13.2 Å². The molecule has 0 amide bonds. The van der Waals surface area contributed by atoms with E-state index in [1.54, 1.807) is 0 Å². The zero-order chi connectivity index (χ0) is 10.4. The standard InChI is InChI=1S/C9H9F3N2/c10-6-2-1-3-14-7(6)8(5-13)4-9(8,11)12/h1-3H,4-5,13H2. The quantitative estimate of drug-likeness (QED) is 0.788. The summed E-state index contributed by atoms with van der Waals surface area (Å²) in [6.45, 7) is -0.284. The number of rotatable bonds is 2. The van der Waals surface area contributed by atoms with Gasteiger partial charge in [-0.15, -0.1) is 0 Å². The normalized spacial score (nSPS) is 28.9. The summed E-state index contributed by atoms with van der Waals surface area (Å²) in [5.41, 5.74) is 3.47. The predicted molar refractivity (Wildman–Crippen MR) is 44.5 cm³/mol. The molecule has 0 bridgehead atoms. The highest BCUT2D eigenvalue weighted by Gasteiger charge is 2.72. The lowest BCUT2D eigenvalue weighted by Gasteiger charge is -2.13. The van der Waals surface area contributed by atoms with Crippen LogP contribution < -0.4 is 5.73 Å². The average Bonchev–Trinajstić information content (AvgIpc) is 2.70. The summed E-state index contributed by atoms with van der Waals surface area (Å²) in [6.07, 6.45) is 0.884. The third-order valence-electron chi connectivity index (χ3n) is 2.66. The Hall–Kier alpha value is -1.10. The first kappa shape index (κ1) is 9.45. The fraction of sp³-hybridized carbons (Fsp3) is 0.444. The van der Waals surface area contributed by atoms with Crippen LogP contribution >= 0.6 is 0 Å². The van der Waals surface area contributed by atoms with E-state index in [4.69, 9.17) is 5.73 Å². The van der Waals surface area contributed by atoms with Gasteiger partial charge in [0.25, 0.3) is 5.92 Å². The number of nitrogens with zero attached hydrogens (tertiary/aromatic N) is 1. The smallest absolute Gasteiger partial charge is 0.261 e. The van der Waals surface area contributed by atoms with Crippen LogP contribution in [0.2, 0.25) is 0 Å². The molecule has 2 rings (SSSR count). The fourth-order valence-electron chi connectivity index (χ4n) is 1.65. The van der Waals surface area contributed by atoms with Gasteiger partial charge in [-0.2, -0.15) is 0 Å². The third kappa shape index (κ3) is 1.05. The highest BCUT2D eigenvalue weighted by Crippen LogP contribution is 2.60. The van der Waals surface area contributed by atoms with E-state index in [-0.39, 0.29) is 12.2 Å². The minimum atomic E-state index is -2.92. The summed E-state index contributed by atoms with van der Waals surface area (Å²) in [5.74, 6) is -3.63. The second-order valence-corrected chi connectivity index (χ2v) is 3.50. The summed E-state index contributed by atoms with van der Waals surface area (Å²) in [5, 5.41) is 0. The first-order valence-corrected chi connectivity index (χ1v) is 4.22. The Kier molecular flexibility index (Phi) is 1.82. The molecule has 0 radical (unpaired) electrons. The van der Waals surface area contributed by atoms with Crippen LogP contribution in [0.5, 0.6) is 0 Å². The maximum atomic E-state index is 13.2. The maximum absolute atomic E-state index is 13.2. The number of alkyl halides is 2. The number of aromatic nitrogens is 1. The molecule has 14 heavy (non-hydrogen) atoms. The number of hydrogen-bond acceptors (Lipinski definition) is 2. The minimum Gasteiger partial charge on any atom is -0.329 e. The van der Waals surface area contributed by atoms with Gasteiger partial charge in [-0.3, -0.25) is 4.98 Å². The van der Waals surface area contributed by atoms with Crippen LogP contribution in [0.4, 0.5) is 13.2 Å². The van der Waals surface area contributed by atoms with Crippen LogP contribution in [0.3, 0.4) is 0 Å². The Balaban J connectivity index is 2.46. The largest absolute Gasteiger partial charge is 0.329 e. The molecule has 0 spiro atoms. The zero-order valence-electron chi connectivity index (χ0n) is 7.30. The highest BCUT2D eigenvalue weighted by atomic mass is 19.3. The molecule has 1 aliphatic rings. The zero-order valence-corrected chi connectivity index (χ0v) is 7.30. The van der Waals surface area contributed by atoms with Crippen LogP contribution in [-0.4, -0.2) is 17.5 Å². The van der Waals surface area contributed by atoms with Gasteiger partial charge in [-0.1, -0.05) is 0 Å². The first-order valence-electron chi connectivity index (χ1n) is 4.22. The molecule has 1 saturated carbocycles. The maximum Gasteiger partial charge on any atom is 0.261 e. The molecule has 76 valence electrons. The average molecular weight is 202 g/mol. The highest BCUT2D eigenvalue weighted by molar-refractivity contribution is 5.34. The predicted octanol–water partition coefficient (Wildman–Crippen LogP) is 1.46. The van der Waals surface area contributed by atoms with Gasteiger partial charge >= 0.3 is 0 Å². The van der Waals surface area contributed by atoms with E-state index in [1.807, 2.05) is 0 Å². The van der Waals surface area contributed by atoms with Crippen molar-refractivity contribution in [2.75, 3.05) is 6.54 Å². The van der Waals surface area contributed by atoms with E-state index in [1.165, 1.54) is 12.3 Å². The van der Waals surface area contributed by atoms with Gasteiger partial charge in [0.05, 0.1) is 11.1 Å². The van der Waals surface area contributed by atoms with Crippen molar-refractivity contribution in [1.29, 1.82) is 0 Å². The van der Waals surface area contributed by atoms with Crippen molar-refractivity contribution in [2.24, 2.45) is 5.73 Å².